The third kappa shape index (κ3) is 8.98. The standard InChI is InChI=1S/C26H38N6O4.C2H4/c1-25(2,3)35-23(33)31-15-9-12-19(31)21(27)28-14-8-7-11-18-17-29-22(30-18)20-13-10-16-32(20)24(34)36-26(4,5)6;1-2/h8,14,17,19-20H,9-10,12-13,15-16H2,1-6H3,(H2,27,28)(H,29,30);1-2H2/b14-8+;/t19-,20-;/m0./s1. The number of imidazole rings is 1. The Kier molecular flexibility index (Phi) is 10.6. The molecular formula is C28H42N6O4. The van der Waals surface area contributed by atoms with Crippen molar-refractivity contribution < 1.29 is 19.1 Å². The van der Waals surface area contributed by atoms with Gasteiger partial charge < -0.3 is 20.2 Å². The molecule has 10 heteroatoms. The van der Waals surface area contributed by atoms with Gasteiger partial charge in [-0.3, -0.25) is 9.80 Å². The Morgan fingerprint density at radius 1 is 1.08 bits per heavy atom. The fourth-order valence-corrected chi connectivity index (χ4v) is 4.14. The fraction of sp³-hybridized carbons (Fsp3) is 0.571. The van der Waals surface area contributed by atoms with Gasteiger partial charge in [-0.1, -0.05) is 5.92 Å². The summed E-state index contributed by atoms with van der Waals surface area (Å²) in [6.07, 6.45) is 7.33. The van der Waals surface area contributed by atoms with E-state index in [2.05, 4.69) is 40.0 Å². The third-order valence-corrected chi connectivity index (χ3v) is 5.60. The predicted molar refractivity (Wildman–Crippen MR) is 148 cm³/mol. The van der Waals surface area contributed by atoms with E-state index in [1.807, 2.05) is 41.5 Å². The van der Waals surface area contributed by atoms with Crippen molar-refractivity contribution >= 4 is 18.0 Å². The number of aromatic nitrogens is 2. The number of nitrogens with one attached hydrogen (secondary N) is 1. The van der Waals surface area contributed by atoms with Crippen molar-refractivity contribution in [3.63, 3.8) is 0 Å². The first-order chi connectivity index (χ1) is 17.8. The molecule has 2 saturated heterocycles. The molecule has 0 aliphatic carbocycles. The largest absolute Gasteiger partial charge is 0.444 e. The van der Waals surface area contributed by atoms with Crippen LogP contribution in [0.25, 0.3) is 0 Å². The van der Waals surface area contributed by atoms with Crippen LogP contribution in [0.2, 0.25) is 0 Å². The molecule has 2 aliphatic rings. The molecule has 0 unspecified atom stereocenters. The van der Waals surface area contributed by atoms with E-state index < -0.39 is 11.2 Å². The van der Waals surface area contributed by atoms with E-state index in [1.165, 1.54) is 6.20 Å². The highest BCUT2D eigenvalue weighted by Gasteiger charge is 2.35. The molecule has 0 aromatic carbocycles. The van der Waals surface area contributed by atoms with E-state index in [0.29, 0.717) is 30.4 Å². The van der Waals surface area contributed by atoms with Crippen LogP contribution in [-0.2, 0) is 9.47 Å². The van der Waals surface area contributed by atoms with E-state index in [0.717, 1.165) is 25.7 Å². The molecule has 3 N–H and O–H groups in total. The third-order valence-electron chi connectivity index (χ3n) is 5.60. The van der Waals surface area contributed by atoms with Gasteiger partial charge in [0.15, 0.2) is 0 Å². The van der Waals surface area contributed by atoms with Gasteiger partial charge in [0, 0.05) is 25.4 Å². The molecule has 2 aliphatic heterocycles. The van der Waals surface area contributed by atoms with E-state index in [9.17, 15) is 9.59 Å². The summed E-state index contributed by atoms with van der Waals surface area (Å²) >= 11 is 0. The Bertz CT molecular complexity index is 1080. The number of aliphatic imine (C=N–C) groups is 1. The summed E-state index contributed by atoms with van der Waals surface area (Å²) in [5.74, 6) is 6.93. The van der Waals surface area contributed by atoms with Crippen molar-refractivity contribution in [2.45, 2.75) is 90.5 Å². The Labute approximate surface area is 226 Å². The van der Waals surface area contributed by atoms with Gasteiger partial charge in [-0.15, -0.1) is 13.2 Å². The van der Waals surface area contributed by atoms with Crippen molar-refractivity contribution in [2.24, 2.45) is 10.7 Å². The maximum absolute atomic E-state index is 12.5. The van der Waals surface area contributed by atoms with Crippen LogP contribution in [0.5, 0.6) is 0 Å². The number of ether oxygens (including phenoxy) is 2. The average Bonchev–Trinajstić information content (AvgIpc) is 3.58. The van der Waals surface area contributed by atoms with Gasteiger partial charge >= 0.3 is 12.2 Å². The predicted octanol–water partition coefficient (Wildman–Crippen LogP) is 4.91. The van der Waals surface area contributed by atoms with Gasteiger partial charge in [0.25, 0.3) is 0 Å². The number of nitrogens with two attached hydrogens (primary N) is 1. The summed E-state index contributed by atoms with van der Waals surface area (Å²) in [6, 6.07) is -0.443. The highest BCUT2D eigenvalue weighted by Crippen LogP contribution is 2.31. The second kappa shape index (κ2) is 13.2. The zero-order valence-electron chi connectivity index (χ0n) is 23.5. The second-order valence-electron chi connectivity index (χ2n) is 11.0. The average molecular weight is 527 g/mol. The first-order valence-electron chi connectivity index (χ1n) is 12.9. The number of rotatable bonds is 3. The quantitative estimate of drug-likeness (QED) is 0.250. The Hall–Kier alpha value is -3.74. The number of hydrogen-bond acceptors (Lipinski definition) is 6. The lowest BCUT2D eigenvalue weighted by molar-refractivity contribution is 0.0216. The van der Waals surface area contributed by atoms with Gasteiger partial charge in [-0.05, 0) is 73.1 Å². The van der Waals surface area contributed by atoms with Gasteiger partial charge in [0.2, 0.25) is 0 Å². The molecule has 0 spiro atoms. The molecule has 1 aromatic rings. The topological polar surface area (TPSA) is 126 Å². The number of amidine groups is 1. The summed E-state index contributed by atoms with van der Waals surface area (Å²) < 4.78 is 11.0. The fourth-order valence-electron chi connectivity index (χ4n) is 4.14. The van der Waals surface area contributed by atoms with Crippen LogP contribution in [-0.4, -0.2) is 68.1 Å². The molecule has 2 amide bonds. The number of carbonyl (C=O) groups excluding carboxylic acids is 2. The number of carbonyl (C=O) groups is 2. The second-order valence-corrected chi connectivity index (χ2v) is 11.0. The molecule has 3 heterocycles. The minimum Gasteiger partial charge on any atom is -0.444 e. The minimum absolute atomic E-state index is 0.158. The molecule has 1 aromatic heterocycles. The number of allylic oxidation sites excluding steroid dienone is 1. The van der Waals surface area contributed by atoms with Crippen LogP contribution in [0.3, 0.4) is 0 Å². The number of aromatic amines is 1. The maximum atomic E-state index is 12.5. The number of amides is 2. The first-order valence-corrected chi connectivity index (χ1v) is 12.9. The molecule has 2 atom stereocenters. The van der Waals surface area contributed by atoms with Crippen molar-refractivity contribution in [2.75, 3.05) is 13.1 Å². The molecule has 0 bridgehead atoms. The lowest BCUT2D eigenvalue weighted by atomic mass is 10.2. The number of H-pyrrole nitrogens is 1. The van der Waals surface area contributed by atoms with Gasteiger partial charge in [0.05, 0.1) is 18.3 Å². The van der Waals surface area contributed by atoms with E-state index >= 15 is 0 Å². The number of likely N-dealkylation sites (tertiary alicyclic amines) is 2. The van der Waals surface area contributed by atoms with Crippen molar-refractivity contribution in [3.8, 4) is 11.8 Å². The van der Waals surface area contributed by atoms with Crippen LogP contribution in [0.1, 0.15) is 84.8 Å². The van der Waals surface area contributed by atoms with Crippen LogP contribution < -0.4 is 5.73 Å². The SMILES string of the molecule is C=C.CC(C)(C)OC(=O)N1CCC[C@H]1C(N)=N/C=C/C#Cc1cnc([C@@H]2CCCN2C(=O)OC(C)(C)C)[nH]1. The first kappa shape index (κ1) is 30.5. The number of nitrogens with zero attached hydrogens (tertiary/aromatic N) is 4. The lowest BCUT2D eigenvalue weighted by Crippen LogP contribution is -2.45. The van der Waals surface area contributed by atoms with E-state index in [4.69, 9.17) is 15.2 Å². The smallest absolute Gasteiger partial charge is 0.410 e. The van der Waals surface area contributed by atoms with Crippen molar-refractivity contribution in [3.05, 3.63) is 43.1 Å². The zero-order chi connectivity index (χ0) is 28.5. The highest BCUT2D eigenvalue weighted by atomic mass is 16.6. The summed E-state index contributed by atoms with van der Waals surface area (Å²) in [5, 5.41) is 0. The van der Waals surface area contributed by atoms with Gasteiger partial charge in [-0.25, -0.2) is 19.6 Å². The van der Waals surface area contributed by atoms with Crippen LogP contribution in [0.4, 0.5) is 9.59 Å². The molecule has 0 saturated carbocycles. The minimum atomic E-state index is -0.566. The molecule has 2 fully saturated rings. The van der Waals surface area contributed by atoms with E-state index in [-0.39, 0.29) is 24.3 Å². The molecule has 10 nitrogen and oxygen atoms in total. The Morgan fingerprint density at radius 2 is 1.66 bits per heavy atom. The maximum Gasteiger partial charge on any atom is 0.410 e. The van der Waals surface area contributed by atoms with Crippen LogP contribution in [0, 0.1) is 11.8 Å². The highest BCUT2D eigenvalue weighted by molar-refractivity contribution is 5.89. The normalized spacial score (nSPS) is 20.0. The van der Waals surface area contributed by atoms with Crippen molar-refractivity contribution in [1.29, 1.82) is 0 Å². The summed E-state index contributed by atoms with van der Waals surface area (Å²) in [5.41, 5.74) is 5.68. The summed E-state index contributed by atoms with van der Waals surface area (Å²) in [7, 11) is 0. The van der Waals surface area contributed by atoms with Crippen LogP contribution in [0.15, 0.2) is 36.6 Å². The zero-order valence-corrected chi connectivity index (χ0v) is 23.5. The summed E-state index contributed by atoms with van der Waals surface area (Å²) in [6.45, 7) is 18.3. The summed E-state index contributed by atoms with van der Waals surface area (Å²) in [4.78, 5) is 40.2. The molecular weight excluding hydrogens is 484 g/mol. The van der Waals surface area contributed by atoms with Gasteiger partial charge in [0.1, 0.15) is 28.6 Å². The monoisotopic (exact) mass is 526 g/mol. The molecule has 3 rings (SSSR count). The van der Waals surface area contributed by atoms with E-state index in [1.54, 1.807) is 22.1 Å². The molecule has 208 valence electrons. The Balaban J connectivity index is 0.00000247. The van der Waals surface area contributed by atoms with Gasteiger partial charge in [-0.2, -0.15) is 0 Å². The molecule has 38 heavy (non-hydrogen) atoms. The Morgan fingerprint density at radius 3 is 2.29 bits per heavy atom. The molecule has 0 radical (unpaired) electrons. The lowest BCUT2D eigenvalue weighted by Gasteiger charge is -2.28. The van der Waals surface area contributed by atoms with Crippen molar-refractivity contribution in [1.82, 2.24) is 19.8 Å². The number of hydrogen-bond donors (Lipinski definition) is 2. The van der Waals surface area contributed by atoms with Crippen LogP contribution >= 0.6 is 0 Å².